The Kier molecular flexibility index (Phi) is 3.68. The molecule has 3 rings (SSSR count). The average molecular weight is 291 g/mol. The molecule has 0 aliphatic carbocycles. The summed E-state index contributed by atoms with van der Waals surface area (Å²) in [5.41, 5.74) is 0.801. The number of fused-ring (bicyclic) bond motifs is 1. The van der Waals surface area contributed by atoms with Crippen LogP contribution in [0, 0.1) is 18.7 Å². The Bertz CT molecular complexity index is 679. The number of aliphatic hydroxyl groups is 1. The van der Waals surface area contributed by atoms with Gasteiger partial charge in [0.25, 0.3) is 5.91 Å². The summed E-state index contributed by atoms with van der Waals surface area (Å²) in [6.07, 6.45) is 1.79. The van der Waals surface area contributed by atoms with Crippen LogP contribution in [0.15, 0.2) is 22.6 Å². The molecule has 21 heavy (non-hydrogen) atoms. The molecule has 5 heteroatoms. The third kappa shape index (κ3) is 2.42. The number of piperidine rings is 1. The van der Waals surface area contributed by atoms with E-state index in [4.69, 9.17) is 4.42 Å². The first-order valence-corrected chi connectivity index (χ1v) is 7.19. The maximum atomic E-state index is 13.8. The lowest BCUT2D eigenvalue weighted by molar-refractivity contribution is 0.0591. The van der Waals surface area contributed by atoms with Crippen LogP contribution in [-0.2, 0) is 0 Å². The number of aliphatic hydroxyl groups excluding tert-OH is 1. The minimum atomic E-state index is -0.457. The standard InChI is InChI=1S/C16H18FNO3/c1-10-12-5-2-6-13(17)15(12)21-14(10)16(20)18-7-3-4-11(8-18)9-19/h2,5-6,11,19H,3-4,7-9H2,1H3. The SMILES string of the molecule is Cc1c(C(=O)N2CCCC(CO)C2)oc2c(F)cccc12. The van der Waals surface area contributed by atoms with Gasteiger partial charge < -0.3 is 14.4 Å². The Morgan fingerprint density at radius 2 is 2.33 bits per heavy atom. The van der Waals surface area contributed by atoms with Gasteiger partial charge in [-0.25, -0.2) is 4.39 Å². The van der Waals surface area contributed by atoms with Gasteiger partial charge >= 0.3 is 0 Å². The summed E-state index contributed by atoms with van der Waals surface area (Å²) in [6, 6.07) is 4.68. The van der Waals surface area contributed by atoms with E-state index in [0.29, 0.717) is 24.0 Å². The maximum absolute atomic E-state index is 13.8. The molecular weight excluding hydrogens is 273 g/mol. The van der Waals surface area contributed by atoms with Crippen LogP contribution in [0.2, 0.25) is 0 Å². The molecule has 2 aromatic rings. The van der Waals surface area contributed by atoms with E-state index in [1.165, 1.54) is 6.07 Å². The van der Waals surface area contributed by atoms with Crippen molar-refractivity contribution in [3.05, 3.63) is 35.3 Å². The molecule has 4 nitrogen and oxygen atoms in total. The predicted molar refractivity (Wildman–Crippen MR) is 76.6 cm³/mol. The Hall–Kier alpha value is -1.88. The lowest BCUT2D eigenvalue weighted by Gasteiger charge is -2.31. The highest BCUT2D eigenvalue weighted by molar-refractivity contribution is 5.99. The van der Waals surface area contributed by atoms with Crippen molar-refractivity contribution in [3.63, 3.8) is 0 Å². The first-order chi connectivity index (χ1) is 10.1. The molecule has 112 valence electrons. The van der Waals surface area contributed by atoms with Gasteiger partial charge in [0.1, 0.15) is 0 Å². The van der Waals surface area contributed by atoms with Crippen molar-refractivity contribution in [2.24, 2.45) is 5.92 Å². The molecule has 1 aliphatic heterocycles. The average Bonchev–Trinajstić information content (AvgIpc) is 2.85. The number of furan rings is 1. The molecule has 0 bridgehead atoms. The van der Waals surface area contributed by atoms with Crippen molar-refractivity contribution in [1.29, 1.82) is 0 Å². The summed E-state index contributed by atoms with van der Waals surface area (Å²) in [6.45, 7) is 3.02. The summed E-state index contributed by atoms with van der Waals surface area (Å²) < 4.78 is 19.2. The maximum Gasteiger partial charge on any atom is 0.289 e. The fraction of sp³-hybridized carbons (Fsp3) is 0.438. The van der Waals surface area contributed by atoms with E-state index in [0.717, 1.165) is 12.8 Å². The predicted octanol–water partition coefficient (Wildman–Crippen LogP) is 2.72. The van der Waals surface area contributed by atoms with E-state index in [9.17, 15) is 14.3 Å². The largest absolute Gasteiger partial charge is 0.448 e. The minimum absolute atomic E-state index is 0.0809. The van der Waals surface area contributed by atoms with Gasteiger partial charge in [-0.1, -0.05) is 12.1 Å². The Balaban J connectivity index is 1.94. The van der Waals surface area contributed by atoms with Gasteiger partial charge in [0.2, 0.25) is 0 Å². The molecule has 1 unspecified atom stereocenters. The lowest BCUT2D eigenvalue weighted by Crippen LogP contribution is -2.41. The molecule has 1 aromatic heterocycles. The highest BCUT2D eigenvalue weighted by Gasteiger charge is 2.28. The molecule has 2 heterocycles. The van der Waals surface area contributed by atoms with Gasteiger partial charge in [0, 0.05) is 30.6 Å². The summed E-state index contributed by atoms with van der Waals surface area (Å²) in [7, 11) is 0. The molecule has 1 aliphatic rings. The lowest BCUT2D eigenvalue weighted by atomic mass is 9.98. The third-order valence-corrected chi connectivity index (χ3v) is 4.17. The number of amides is 1. The molecular formula is C16H18FNO3. The van der Waals surface area contributed by atoms with Gasteiger partial charge in [-0.3, -0.25) is 4.79 Å². The molecule has 1 fully saturated rings. The van der Waals surface area contributed by atoms with Crippen molar-refractivity contribution in [1.82, 2.24) is 4.90 Å². The van der Waals surface area contributed by atoms with Gasteiger partial charge in [-0.2, -0.15) is 0 Å². The minimum Gasteiger partial charge on any atom is -0.448 e. The number of benzene rings is 1. The number of rotatable bonds is 2. The molecule has 1 saturated heterocycles. The van der Waals surface area contributed by atoms with Crippen LogP contribution < -0.4 is 0 Å². The quantitative estimate of drug-likeness (QED) is 0.925. The molecule has 1 amide bonds. The number of para-hydroxylation sites is 1. The smallest absolute Gasteiger partial charge is 0.289 e. The number of hydrogen-bond donors (Lipinski definition) is 1. The zero-order chi connectivity index (χ0) is 15.0. The second-order valence-electron chi connectivity index (χ2n) is 5.61. The summed E-state index contributed by atoms with van der Waals surface area (Å²) in [4.78, 5) is 14.3. The first kappa shape index (κ1) is 14.1. The number of carbonyl (C=O) groups excluding carboxylic acids is 1. The summed E-state index contributed by atoms with van der Waals surface area (Å²) in [5.74, 6) is -0.361. The summed E-state index contributed by atoms with van der Waals surface area (Å²) >= 11 is 0. The number of hydrogen-bond acceptors (Lipinski definition) is 3. The van der Waals surface area contributed by atoms with Crippen LogP contribution in [0.3, 0.4) is 0 Å². The molecule has 0 radical (unpaired) electrons. The second-order valence-corrected chi connectivity index (χ2v) is 5.61. The zero-order valence-electron chi connectivity index (χ0n) is 11.9. The molecule has 1 N–H and O–H groups in total. The molecule has 0 saturated carbocycles. The van der Waals surface area contributed by atoms with Crippen LogP contribution in [0.25, 0.3) is 11.0 Å². The van der Waals surface area contributed by atoms with Crippen molar-refractivity contribution in [3.8, 4) is 0 Å². The van der Waals surface area contributed by atoms with Crippen molar-refractivity contribution >= 4 is 16.9 Å². The highest BCUT2D eigenvalue weighted by Crippen LogP contribution is 2.29. The third-order valence-electron chi connectivity index (χ3n) is 4.17. The Morgan fingerprint density at radius 3 is 3.05 bits per heavy atom. The van der Waals surface area contributed by atoms with Crippen molar-refractivity contribution in [2.75, 3.05) is 19.7 Å². The topological polar surface area (TPSA) is 53.7 Å². The number of carbonyl (C=O) groups is 1. The fourth-order valence-corrected chi connectivity index (χ4v) is 2.96. The Labute approximate surface area is 122 Å². The van der Waals surface area contributed by atoms with Crippen LogP contribution in [0.5, 0.6) is 0 Å². The highest BCUT2D eigenvalue weighted by atomic mass is 19.1. The Morgan fingerprint density at radius 1 is 1.52 bits per heavy atom. The molecule has 1 atom stereocenters. The van der Waals surface area contributed by atoms with E-state index < -0.39 is 5.82 Å². The van der Waals surface area contributed by atoms with Crippen LogP contribution in [0.4, 0.5) is 4.39 Å². The first-order valence-electron chi connectivity index (χ1n) is 7.19. The van der Waals surface area contributed by atoms with Crippen molar-refractivity contribution < 1.29 is 18.7 Å². The van der Waals surface area contributed by atoms with E-state index >= 15 is 0 Å². The summed E-state index contributed by atoms with van der Waals surface area (Å²) in [5, 5.41) is 9.89. The van der Waals surface area contributed by atoms with Crippen LogP contribution in [0.1, 0.15) is 29.0 Å². The number of halogens is 1. The van der Waals surface area contributed by atoms with Crippen LogP contribution >= 0.6 is 0 Å². The monoisotopic (exact) mass is 291 g/mol. The molecule has 0 spiro atoms. The van der Waals surface area contributed by atoms with Gasteiger partial charge in [-0.15, -0.1) is 0 Å². The van der Waals surface area contributed by atoms with Crippen molar-refractivity contribution in [2.45, 2.75) is 19.8 Å². The van der Waals surface area contributed by atoms with Gasteiger partial charge in [-0.05, 0) is 31.7 Å². The number of likely N-dealkylation sites (tertiary alicyclic amines) is 1. The second kappa shape index (κ2) is 5.48. The normalized spacial score (nSPS) is 19.2. The van der Waals surface area contributed by atoms with Gasteiger partial charge in [0.15, 0.2) is 17.2 Å². The van der Waals surface area contributed by atoms with E-state index in [-0.39, 0.29) is 29.8 Å². The van der Waals surface area contributed by atoms with E-state index in [1.54, 1.807) is 24.0 Å². The van der Waals surface area contributed by atoms with E-state index in [2.05, 4.69) is 0 Å². The number of aryl methyl sites for hydroxylation is 1. The van der Waals surface area contributed by atoms with Gasteiger partial charge in [0.05, 0.1) is 0 Å². The molecule has 1 aromatic carbocycles. The fourth-order valence-electron chi connectivity index (χ4n) is 2.96. The van der Waals surface area contributed by atoms with E-state index in [1.807, 2.05) is 0 Å². The number of nitrogens with zero attached hydrogens (tertiary/aromatic N) is 1. The zero-order valence-corrected chi connectivity index (χ0v) is 11.9. The van der Waals surface area contributed by atoms with Crippen LogP contribution in [-0.4, -0.2) is 35.6 Å².